The van der Waals surface area contributed by atoms with Gasteiger partial charge in [0, 0.05) is 17.2 Å². The Kier molecular flexibility index (Phi) is 6.12. The van der Waals surface area contributed by atoms with Gasteiger partial charge in [-0.2, -0.15) is 0 Å². The van der Waals surface area contributed by atoms with Gasteiger partial charge in [-0.25, -0.2) is 4.79 Å². The second-order valence-electron chi connectivity index (χ2n) is 4.98. The molecule has 1 aromatic carbocycles. The van der Waals surface area contributed by atoms with Gasteiger partial charge in [-0.3, -0.25) is 4.90 Å². The van der Waals surface area contributed by atoms with Crippen molar-refractivity contribution in [2.24, 2.45) is 0 Å². The van der Waals surface area contributed by atoms with Gasteiger partial charge in [0.05, 0.1) is 13.7 Å². The Hall–Kier alpha value is -1.47. The number of benzene rings is 1. The fourth-order valence-electron chi connectivity index (χ4n) is 2.43. The fraction of sp³-hybridized carbons (Fsp3) is 0.500. The van der Waals surface area contributed by atoms with E-state index in [4.69, 9.17) is 26.4 Å². The maximum Gasteiger partial charge on any atom is 0.411 e. The van der Waals surface area contributed by atoms with Gasteiger partial charge in [-0.15, -0.1) is 11.8 Å². The highest BCUT2D eigenvalue weighted by Crippen LogP contribution is 2.39. The molecule has 126 valence electrons. The van der Waals surface area contributed by atoms with Crippen molar-refractivity contribution < 1.29 is 19.0 Å². The smallest absolute Gasteiger partial charge is 0.411 e. The number of hydrogen-bond acceptors (Lipinski definition) is 6. The Bertz CT molecular complexity index is 581. The Morgan fingerprint density at radius 3 is 2.70 bits per heavy atom. The van der Waals surface area contributed by atoms with E-state index < -0.39 is 4.87 Å². The lowest BCUT2D eigenvalue weighted by atomic mass is 10.2. The van der Waals surface area contributed by atoms with Crippen molar-refractivity contribution in [3.05, 3.63) is 24.3 Å². The highest BCUT2D eigenvalue weighted by molar-refractivity contribution is 8.02. The van der Waals surface area contributed by atoms with Crippen LogP contribution in [0.15, 0.2) is 24.3 Å². The van der Waals surface area contributed by atoms with Crippen molar-refractivity contribution in [1.82, 2.24) is 4.90 Å². The summed E-state index contributed by atoms with van der Waals surface area (Å²) in [5, 5.41) is 0. The summed E-state index contributed by atoms with van der Waals surface area (Å²) < 4.78 is 16.4. The van der Waals surface area contributed by atoms with Gasteiger partial charge in [0.2, 0.25) is 0 Å². The molecule has 0 N–H and O–H groups in total. The third kappa shape index (κ3) is 3.72. The molecule has 1 heterocycles. The SMILES string of the molecule is CCOC(=O)N1CCSC1(COc1ccccc1OC)C(C)=S. The fourth-order valence-corrected chi connectivity index (χ4v) is 4.06. The van der Waals surface area contributed by atoms with E-state index in [-0.39, 0.29) is 12.7 Å². The number of methoxy groups -OCH3 is 1. The molecule has 1 saturated heterocycles. The van der Waals surface area contributed by atoms with Crippen molar-refractivity contribution in [3.8, 4) is 11.5 Å². The molecule has 1 amide bonds. The zero-order valence-electron chi connectivity index (χ0n) is 13.5. The molecule has 2 rings (SSSR count). The first-order valence-electron chi connectivity index (χ1n) is 7.40. The van der Waals surface area contributed by atoms with E-state index in [1.165, 1.54) is 0 Å². The van der Waals surface area contributed by atoms with Crippen LogP contribution in [0.5, 0.6) is 11.5 Å². The maximum absolute atomic E-state index is 12.3. The number of thiocarbonyl (C=S) groups is 1. The summed E-state index contributed by atoms with van der Waals surface area (Å²) in [4.78, 5) is 13.9. The predicted octanol–water partition coefficient (Wildman–Crippen LogP) is 3.37. The monoisotopic (exact) mass is 355 g/mol. The van der Waals surface area contributed by atoms with E-state index in [2.05, 4.69) is 0 Å². The number of hydrogen-bond donors (Lipinski definition) is 0. The Morgan fingerprint density at radius 1 is 1.39 bits per heavy atom. The number of amides is 1. The van der Waals surface area contributed by atoms with Gasteiger partial charge in [0.1, 0.15) is 6.61 Å². The van der Waals surface area contributed by atoms with Gasteiger partial charge in [-0.1, -0.05) is 24.4 Å². The van der Waals surface area contributed by atoms with Crippen LogP contribution >= 0.6 is 24.0 Å². The minimum absolute atomic E-state index is 0.256. The number of rotatable bonds is 6. The minimum atomic E-state index is -0.692. The van der Waals surface area contributed by atoms with E-state index in [1.54, 1.807) is 30.7 Å². The minimum Gasteiger partial charge on any atom is -0.493 e. The van der Waals surface area contributed by atoms with Crippen LogP contribution in [0.2, 0.25) is 0 Å². The quantitative estimate of drug-likeness (QED) is 0.729. The molecular weight excluding hydrogens is 334 g/mol. The van der Waals surface area contributed by atoms with Crippen LogP contribution in [0.4, 0.5) is 4.79 Å². The lowest BCUT2D eigenvalue weighted by Gasteiger charge is -2.36. The molecule has 1 unspecified atom stereocenters. The standard InChI is InChI=1S/C16H21NO4S2/c1-4-20-15(18)17-9-10-23-16(17,12(2)22)11-21-14-8-6-5-7-13(14)19-3/h5-8H,4,9-11H2,1-3H3. The van der Waals surface area contributed by atoms with Crippen LogP contribution in [0.25, 0.3) is 0 Å². The molecule has 1 aliphatic heterocycles. The molecule has 1 atom stereocenters. The van der Waals surface area contributed by atoms with Crippen molar-refractivity contribution in [2.45, 2.75) is 18.7 Å². The summed E-state index contributed by atoms with van der Waals surface area (Å²) in [5.41, 5.74) is 0. The van der Waals surface area contributed by atoms with Crippen molar-refractivity contribution in [1.29, 1.82) is 0 Å². The van der Waals surface area contributed by atoms with Crippen LogP contribution in [-0.2, 0) is 4.74 Å². The highest BCUT2D eigenvalue weighted by atomic mass is 32.2. The zero-order valence-corrected chi connectivity index (χ0v) is 15.2. The second kappa shape index (κ2) is 7.88. The third-order valence-corrected chi connectivity index (χ3v) is 5.60. The molecule has 0 aromatic heterocycles. The average molecular weight is 355 g/mol. The van der Waals surface area contributed by atoms with Gasteiger partial charge in [-0.05, 0) is 26.0 Å². The molecule has 5 nitrogen and oxygen atoms in total. The number of nitrogens with zero attached hydrogens (tertiary/aromatic N) is 1. The summed E-state index contributed by atoms with van der Waals surface area (Å²) >= 11 is 7.05. The van der Waals surface area contributed by atoms with Crippen LogP contribution in [0.1, 0.15) is 13.8 Å². The summed E-state index contributed by atoms with van der Waals surface area (Å²) in [6.45, 7) is 4.81. The molecule has 0 aliphatic carbocycles. The summed E-state index contributed by atoms with van der Waals surface area (Å²) in [7, 11) is 1.59. The number of para-hydroxylation sites is 2. The number of thioether (sulfide) groups is 1. The van der Waals surface area contributed by atoms with E-state index in [9.17, 15) is 4.79 Å². The number of carbonyl (C=O) groups is 1. The topological polar surface area (TPSA) is 48.0 Å². The molecule has 0 spiro atoms. The molecule has 0 bridgehead atoms. The van der Waals surface area contributed by atoms with Crippen LogP contribution < -0.4 is 9.47 Å². The largest absolute Gasteiger partial charge is 0.493 e. The summed E-state index contributed by atoms with van der Waals surface area (Å²) in [6, 6.07) is 7.41. The first kappa shape index (κ1) is 17.9. The van der Waals surface area contributed by atoms with Gasteiger partial charge < -0.3 is 14.2 Å². The van der Waals surface area contributed by atoms with E-state index >= 15 is 0 Å². The Morgan fingerprint density at radius 2 is 2.09 bits per heavy atom. The Balaban J connectivity index is 2.21. The normalized spacial score (nSPS) is 20.2. The maximum atomic E-state index is 12.3. The van der Waals surface area contributed by atoms with Gasteiger partial charge >= 0.3 is 6.09 Å². The lowest BCUT2D eigenvalue weighted by molar-refractivity contribution is 0.0901. The highest BCUT2D eigenvalue weighted by Gasteiger charge is 2.48. The lowest BCUT2D eigenvalue weighted by Crippen LogP contribution is -2.53. The molecule has 0 saturated carbocycles. The number of ether oxygens (including phenoxy) is 3. The van der Waals surface area contributed by atoms with E-state index in [0.717, 1.165) is 5.75 Å². The Labute approximate surface area is 146 Å². The average Bonchev–Trinajstić information content (AvgIpc) is 2.99. The summed E-state index contributed by atoms with van der Waals surface area (Å²) in [6.07, 6.45) is -0.356. The van der Waals surface area contributed by atoms with E-state index in [0.29, 0.717) is 29.5 Å². The molecule has 1 aromatic rings. The first-order chi connectivity index (χ1) is 11.0. The molecule has 7 heteroatoms. The van der Waals surface area contributed by atoms with Crippen molar-refractivity contribution >= 4 is 34.9 Å². The third-order valence-electron chi connectivity index (χ3n) is 3.62. The molecule has 0 radical (unpaired) electrons. The zero-order chi connectivity index (χ0) is 16.9. The van der Waals surface area contributed by atoms with Crippen molar-refractivity contribution in [3.63, 3.8) is 0 Å². The molecule has 1 fully saturated rings. The molecular formula is C16H21NO4S2. The van der Waals surface area contributed by atoms with Crippen LogP contribution in [0.3, 0.4) is 0 Å². The van der Waals surface area contributed by atoms with Crippen LogP contribution in [-0.4, -0.2) is 53.3 Å². The van der Waals surface area contributed by atoms with E-state index in [1.807, 2.05) is 31.2 Å². The summed E-state index contributed by atoms with van der Waals surface area (Å²) in [5.74, 6) is 2.07. The predicted molar refractivity (Wildman–Crippen MR) is 95.7 cm³/mol. The van der Waals surface area contributed by atoms with Crippen LogP contribution in [0, 0.1) is 0 Å². The first-order valence-corrected chi connectivity index (χ1v) is 8.79. The van der Waals surface area contributed by atoms with Gasteiger partial charge in [0.25, 0.3) is 0 Å². The van der Waals surface area contributed by atoms with Crippen molar-refractivity contribution in [2.75, 3.05) is 32.6 Å². The molecule has 23 heavy (non-hydrogen) atoms. The molecule has 1 aliphatic rings. The van der Waals surface area contributed by atoms with Gasteiger partial charge in [0.15, 0.2) is 16.4 Å². The number of carbonyl (C=O) groups excluding carboxylic acids is 1. The second-order valence-corrected chi connectivity index (χ2v) is 6.96.